The van der Waals surface area contributed by atoms with Crippen molar-refractivity contribution < 1.29 is 22.3 Å². The average Bonchev–Trinajstić information content (AvgIpc) is 2.79. The minimum Gasteiger partial charge on any atom is -0.379 e. The molecular weight excluding hydrogens is 446 g/mol. The molecule has 0 atom stereocenters. The maximum atomic E-state index is 12.7. The minimum absolute atomic E-state index is 0.0139. The predicted octanol–water partition coefficient (Wildman–Crippen LogP) is 3.70. The molecule has 0 N–H and O–H groups in total. The number of rotatable bonds is 8. The van der Waals surface area contributed by atoms with Gasteiger partial charge in [-0.2, -0.15) is 8.42 Å². The summed E-state index contributed by atoms with van der Waals surface area (Å²) >= 11 is 0. The van der Waals surface area contributed by atoms with E-state index >= 15 is 0 Å². The van der Waals surface area contributed by atoms with Crippen LogP contribution in [0.25, 0.3) is 0 Å². The van der Waals surface area contributed by atoms with E-state index in [0.717, 1.165) is 17.3 Å². The fourth-order valence-corrected chi connectivity index (χ4v) is 4.02. The molecule has 10 heteroatoms. The lowest BCUT2D eigenvalue weighted by Gasteiger charge is -2.18. The van der Waals surface area contributed by atoms with Crippen molar-refractivity contribution in [1.82, 2.24) is 4.90 Å². The second-order valence-electron chi connectivity index (χ2n) is 7.54. The van der Waals surface area contributed by atoms with Crippen molar-refractivity contribution in [2.75, 3.05) is 26.0 Å². The third kappa shape index (κ3) is 5.86. The van der Waals surface area contributed by atoms with Crippen molar-refractivity contribution in [3.05, 3.63) is 94.0 Å². The van der Waals surface area contributed by atoms with Gasteiger partial charge in [0.25, 0.3) is 11.6 Å². The monoisotopic (exact) mass is 469 g/mol. The van der Waals surface area contributed by atoms with Crippen LogP contribution in [0.4, 0.5) is 11.4 Å². The lowest BCUT2D eigenvalue weighted by Crippen LogP contribution is -2.26. The number of carbonyl (C=O) groups excluding carboxylic acids is 1. The number of carbonyl (C=O) groups is 1. The first-order valence-electron chi connectivity index (χ1n) is 9.87. The van der Waals surface area contributed by atoms with Gasteiger partial charge in [-0.15, -0.1) is 0 Å². The van der Waals surface area contributed by atoms with Crippen LogP contribution in [0.5, 0.6) is 5.75 Å². The second-order valence-corrected chi connectivity index (χ2v) is 9.08. The van der Waals surface area contributed by atoms with Gasteiger partial charge in [0, 0.05) is 51.1 Å². The fourth-order valence-electron chi connectivity index (χ4n) is 3.05. The summed E-state index contributed by atoms with van der Waals surface area (Å²) in [6.45, 7) is 0.409. The van der Waals surface area contributed by atoms with Crippen molar-refractivity contribution >= 4 is 27.4 Å². The maximum Gasteiger partial charge on any atom is 0.339 e. The highest BCUT2D eigenvalue weighted by molar-refractivity contribution is 7.87. The van der Waals surface area contributed by atoms with Gasteiger partial charge in [-0.05, 0) is 48.0 Å². The Kier molecular flexibility index (Phi) is 6.98. The Morgan fingerprint density at radius 2 is 1.61 bits per heavy atom. The first kappa shape index (κ1) is 23.7. The molecule has 3 aromatic rings. The molecule has 172 valence electrons. The van der Waals surface area contributed by atoms with Crippen LogP contribution in [0.3, 0.4) is 0 Å². The number of hydrogen-bond acceptors (Lipinski definition) is 7. The number of nitro benzene ring substituents is 1. The van der Waals surface area contributed by atoms with Crippen LogP contribution < -0.4 is 9.08 Å². The molecule has 33 heavy (non-hydrogen) atoms. The molecule has 9 nitrogen and oxygen atoms in total. The third-order valence-corrected chi connectivity index (χ3v) is 6.09. The molecule has 0 aliphatic carbocycles. The summed E-state index contributed by atoms with van der Waals surface area (Å²) in [5.74, 6) is -0.250. The van der Waals surface area contributed by atoms with Crippen molar-refractivity contribution in [2.45, 2.75) is 11.4 Å². The lowest BCUT2D eigenvalue weighted by molar-refractivity contribution is -0.385. The van der Waals surface area contributed by atoms with Crippen molar-refractivity contribution in [1.29, 1.82) is 0 Å². The molecule has 1 amide bonds. The Morgan fingerprint density at radius 1 is 0.970 bits per heavy atom. The zero-order valence-corrected chi connectivity index (χ0v) is 19.2. The zero-order chi connectivity index (χ0) is 24.2. The van der Waals surface area contributed by atoms with Gasteiger partial charge < -0.3 is 14.0 Å². The number of benzene rings is 3. The minimum atomic E-state index is -4.27. The van der Waals surface area contributed by atoms with Crippen molar-refractivity contribution in [3.63, 3.8) is 0 Å². The van der Waals surface area contributed by atoms with E-state index in [4.69, 9.17) is 4.18 Å². The highest BCUT2D eigenvalue weighted by Gasteiger charge is 2.20. The molecule has 0 unspecified atom stereocenters. The molecule has 0 aliphatic rings. The van der Waals surface area contributed by atoms with Gasteiger partial charge in [0.1, 0.15) is 10.6 Å². The molecular formula is C23H23N3O6S. The fraction of sp³-hybridized carbons (Fsp3) is 0.174. The standard InChI is InChI=1S/C23H23N3O6S/c1-24(2)19-11-7-17(8-12-19)16-25(3)23(27)18-9-13-21(14-10-18)32-33(30,31)22-6-4-5-20(15-22)26(28)29/h4-15H,16H2,1-3H3. The number of hydrogen-bond donors (Lipinski definition) is 0. The van der Waals surface area contributed by atoms with E-state index in [9.17, 15) is 23.3 Å². The van der Waals surface area contributed by atoms with Crippen LogP contribution in [0, 0.1) is 10.1 Å². The van der Waals surface area contributed by atoms with Gasteiger partial charge in [0.15, 0.2) is 0 Å². The third-order valence-electron chi connectivity index (χ3n) is 4.84. The van der Waals surface area contributed by atoms with Gasteiger partial charge in [0.05, 0.1) is 4.92 Å². The van der Waals surface area contributed by atoms with E-state index in [0.29, 0.717) is 12.1 Å². The van der Waals surface area contributed by atoms with Crippen LogP contribution in [0.2, 0.25) is 0 Å². The Balaban J connectivity index is 1.68. The summed E-state index contributed by atoms with van der Waals surface area (Å²) in [5.41, 5.74) is 2.03. The topological polar surface area (TPSA) is 110 Å². The predicted molar refractivity (Wildman–Crippen MR) is 124 cm³/mol. The van der Waals surface area contributed by atoms with Crippen LogP contribution in [-0.4, -0.2) is 45.3 Å². The molecule has 0 bridgehead atoms. The zero-order valence-electron chi connectivity index (χ0n) is 18.3. The van der Waals surface area contributed by atoms with Gasteiger partial charge in [-0.1, -0.05) is 18.2 Å². The Hall–Kier alpha value is -3.92. The van der Waals surface area contributed by atoms with Crippen LogP contribution in [-0.2, 0) is 16.7 Å². The summed E-state index contributed by atoms with van der Waals surface area (Å²) in [5, 5.41) is 10.9. The molecule has 0 aromatic heterocycles. The molecule has 0 saturated carbocycles. The Bertz CT molecular complexity index is 1260. The lowest BCUT2D eigenvalue weighted by atomic mass is 10.1. The van der Waals surface area contributed by atoms with E-state index < -0.39 is 15.0 Å². The van der Waals surface area contributed by atoms with Crippen LogP contribution in [0.1, 0.15) is 15.9 Å². The quantitative estimate of drug-likeness (QED) is 0.281. The molecule has 0 radical (unpaired) electrons. The van der Waals surface area contributed by atoms with E-state index in [2.05, 4.69) is 0 Å². The van der Waals surface area contributed by atoms with Crippen molar-refractivity contribution in [2.24, 2.45) is 0 Å². The van der Waals surface area contributed by atoms with Crippen molar-refractivity contribution in [3.8, 4) is 5.75 Å². The van der Waals surface area contributed by atoms with E-state index in [-0.39, 0.29) is 22.2 Å². The number of non-ortho nitro benzene ring substituents is 1. The number of amides is 1. The maximum absolute atomic E-state index is 12.7. The van der Waals surface area contributed by atoms with Gasteiger partial charge >= 0.3 is 10.1 Å². The number of nitrogens with zero attached hydrogens (tertiary/aromatic N) is 3. The molecule has 0 aliphatic heterocycles. The normalized spacial score (nSPS) is 11.0. The van der Waals surface area contributed by atoms with E-state index in [1.165, 1.54) is 42.5 Å². The molecule has 3 rings (SSSR count). The summed E-state index contributed by atoms with van der Waals surface area (Å²) in [6, 6.07) is 18.1. The Labute approximate surface area is 192 Å². The molecule has 3 aromatic carbocycles. The van der Waals surface area contributed by atoms with E-state index in [1.807, 2.05) is 43.3 Å². The first-order chi connectivity index (χ1) is 15.6. The van der Waals surface area contributed by atoms with Crippen LogP contribution >= 0.6 is 0 Å². The average molecular weight is 470 g/mol. The molecule has 0 saturated heterocycles. The summed E-state index contributed by atoms with van der Waals surface area (Å²) < 4.78 is 30.0. The molecule has 0 spiro atoms. The summed E-state index contributed by atoms with van der Waals surface area (Å²) in [7, 11) is 1.31. The highest BCUT2D eigenvalue weighted by atomic mass is 32.2. The summed E-state index contributed by atoms with van der Waals surface area (Å²) in [4.78, 5) is 26.1. The SMILES string of the molecule is CN(Cc1ccc(N(C)C)cc1)C(=O)c1ccc(OS(=O)(=O)c2cccc([N+](=O)[O-])c2)cc1. The first-order valence-corrected chi connectivity index (χ1v) is 11.3. The van der Waals surface area contributed by atoms with Crippen LogP contribution in [0.15, 0.2) is 77.7 Å². The van der Waals surface area contributed by atoms with E-state index in [1.54, 1.807) is 11.9 Å². The smallest absolute Gasteiger partial charge is 0.339 e. The molecule has 0 fully saturated rings. The second kappa shape index (κ2) is 9.70. The van der Waals surface area contributed by atoms with Gasteiger partial charge in [-0.3, -0.25) is 14.9 Å². The highest BCUT2D eigenvalue weighted by Crippen LogP contribution is 2.23. The summed E-state index contributed by atoms with van der Waals surface area (Å²) in [6.07, 6.45) is 0. The Morgan fingerprint density at radius 3 is 2.18 bits per heavy atom. The van der Waals surface area contributed by atoms with Gasteiger partial charge in [-0.25, -0.2) is 0 Å². The van der Waals surface area contributed by atoms with Gasteiger partial charge in [0.2, 0.25) is 0 Å². The molecule has 0 heterocycles. The number of nitro groups is 1. The largest absolute Gasteiger partial charge is 0.379 e. The number of anilines is 1.